The maximum Gasteiger partial charge on any atom is 0.223 e. The second-order valence-electron chi connectivity index (χ2n) is 7.67. The zero-order valence-corrected chi connectivity index (χ0v) is 15.0. The van der Waals surface area contributed by atoms with Gasteiger partial charge in [-0.1, -0.05) is 5.16 Å². The van der Waals surface area contributed by atoms with Gasteiger partial charge in [0.1, 0.15) is 0 Å². The molecule has 2 saturated carbocycles. The van der Waals surface area contributed by atoms with Crippen molar-refractivity contribution in [2.75, 3.05) is 6.54 Å². The van der Waals surface area contributed by atoms with Gasteiger partial charge in [-0.3, -0.25) is 9.48 Å². The van der Waals surface area contributed by atoms with Crippen LogP contribution in [0.5, 0.6) is 0 Å². The first-order valence-electron chi connectivity index (χ1n) is 9.35. The highest BCUT2D eigenvalue weighted by Gasteiger charge is 2.31. The Kier molecular flexibility index (Phi) is 4.36. The standard InChI is InChI=1S/C19H26N4O2/c1-12-9-17(25-22-12)16-11-23(2)21-18(16)14-5-3-13(4-6-14)10-20-19(24)15-7-8-15/h9,11,13-15H,3-8,10H2,1-2H3,(H,20,24). The summed E-state index contributed by atoms with van der Waals surface area (Å²) in [5, 5.41) is 11.8. The topological polar surface area (TPSA) is 73.0 Å². The van der Waals surface area contributed by atoms with Gasteiger partial charge < -0.3 is 9.84 Å². The Hall–Kier alpha value is -2.11. The third kappa shape index (κ3) is 3.62. The van der Waals surface area contributed by atoms with E-state index in [-0.39, 0.29) is 5.91 Å². The Balaban J connectivity index is 1.38. The molecule has 0 spiro atoms. The van der Waals surface area contributed by atoms with Gasteiger partial charge in [0.25, 0.3) is 0 Å². The lowest BCUT2D eigenvalue weighted by Crippen LogP contribution is -2.32. The predicted octanol–water partition coefficient (Wildman–Crippen LogP) is 3.18. The minimum Gasteiger partial charge on any atom is -0.356 e. The van der Waals surface area contributed by atoms with Crippen molar-refractivity contribution in [3.05, 3.63) is 23.7 Å². The van der Waals surface area contributed by atoms with Crippen LogP contribution >= 0.6 is 0 Å². The molecule has 2 aliphatic rings. The number of rotatable bonds is 5. The van der Waals surface area contributed by atoms with E-state index in [1.54, 1.807) is 0 Å². The van der Waals surface area contributed by atoms with Crippen molar-refractivity contribution >= 4 is 5.91 Å². The lowest BCUT2D eigenvalue weighted by atomic mass is 9.79. The van der Waals surface area contributed by atoms with Crippen molar-refractivity contribution < 1.29 is 9.32 Å². The number of nitrogens with zero attached hydrogens (tertiary/aromatic N) is 3. The molecule has 0 radical (unpaired) electrons. The fourth-order valence-corrected chi connectivity index (χ4v) is 3.86. The number of hydrogen-bond donors (Lipinski definition) is 1. The van der Waals surface area contributed by atoms with Crippen LogP contribution in [0.3, 0.4) is 0 Å². The van der Waals surface area contributed by atoms with Gasteiger partial charge in [0.05, 0.1) is 17.0 Å². The largest absolute Gasteiger partial charge is 0.356 e. The molecular formula is C19H26N4O2. The van der Waals surface area contributed by atoms with Crippen LogP contribution in [0.15, 0.2) is 16.8 Å². The molecule has 6 heteroatoms. The van der Waals surface area contributed by atoms with Gasteiger partial charge in [-0.05, 0) is 51.4 Å². The molecule has 2 fully saturated rings. The van der Waals surface area contributed by atoms with E-state index in [0.29, 0.717) is 17.8 Å². The Labute approximate surface area is 148 Å². The van der Waals surface area contributed by atoms with E-state index < -0.39 is 0 Å². The fraction of sp³-hybridized carbons (Fsp3) is 0.632. The van der Waals surface area contributed by atoms with Crippen LogP contribution in [0.25, 0.3) is 11.3 Å². The predicted molar refractivity (Wildman–Crippen MR) is 93.9 cm³/mol. The maximum atomic E-state index is 11.8. The summed E-state index contributed by atoms with van der Waals surface area (Å²) < 4.78 is 7.32. The number of hydrogen-bond acceptors (Lipinski definition) is 4. The molecule has 0 aromatic carbocycles. The second kappa shape index (κ2) is 6.65. The highest BCUT2D eigenvalue weighted by atomic mass is 16.5. The molecule has 2 aliphatic carbocycles. The summed E-state index contributed by atoms with van der Waals surface area (Å²) in [7, 11) is 1.95. The monoisotopic (exact) mass is 342 g/mol. The minimum absolute atomic E-state index is 0.259. The molecule has 2 heterocycles. The molecule has 2 aromatic heterocycles. The van der Waals surface area contributed by atoms with Crippen molar-refractivity contribution in [2.45, 2.75) is 51.4 Å². The molecule has 0 unspecified atom stereocenters. The van der Waals surface area contributed by atoms with Crippen molar-refractivity contribution in [3.8, 4) is 11.3 Å². The van der Waals surface area contributed by atoms with Crippen molar-refractivity contribution in [1.82, 2.24) is 20.3 Å². The summed E-state index contributed by atoms with van der Waals surface area (Å²) in [5.41, 5.74) is 3.08. The molecule has 134 valence electrons. The number of nitrogens with one attached hydrogen (secondary N) is 1. The molecule has 0 aliphatic heterocycles. The number of aromatic nitrogens is 3. The van der Waals surface area contributed by atoms with E-state index in [1.807, 2.05) is 30.9 Å². The summed E-state index contributed by atoms with van der Waals surface area (Å²) in [5.74, 6) is 2.42. The van der Waals surface area contributed by atoms with E-state index in [1.165, 1.54) is 0 Å². The van der Waals surface area contributed by atoms with Gasteiger partial charge in [-0.2, -0.15) is 5.10 Å². The average molecular weight is 342 g/mol. The quantitative estimate of drug-likeness (QED) is 0.906. The third-order valence-electron chi connectivity index (χ3n) is 5.50. The lowest BCUT2D eigenvalue weighted by molar-refractivity contribution is -0.122. The van der Waals surface area contributed by atoms with Gasteiger partial charge in [-0.25, -0.2) is 0 Å². The van der Waals surface area contributed by atoms with Gasteiger partial charge in [-0.15, -0.1) is 0 Å². The number of aryl methyl sites for hydroxylation is 2. The van der Waals surface area contributed by atoms with Crippen LogP contribution in [0, 0.1) is 18.8 Å². The maximum absolute atomic E-state index is 11.8. The molecule has 25 heavy (non-hydrogen) atoms. The molecule has 1 N–H and O–H groups in total. The van der Waals surface area contributed by atoms with Crippen LogP contribution in [-0.4, -0.2) is 27.4 Å². The fourth-order valence-electron chi connectivity index (χ4n) is 3.86. The molecule has 1 amide bonds. The molecule has 0 bridgehead atoms. The lowest BCUT2D eigenvalue weighted by Gasteiger charge is -2.28. The zero-order chi connectivity index (χ0) is 17.4. The van der Waals surface area contributed by atoms with Crippen LogP contribution in [0.2, 0.25) is 0 Å². The first-order chi connectivity index (χ1) is 12.1. The second-order valence-corrected chi connectivity index (χ2v) is 7.67. The SMILES string of the molecule is Cc1cc(-c2cn(C)nc2C2CCC(CNC(=O)C3CC3)CC2)on1. The van der Waals surface area contributed by atoms with Crippen LogP contribution in [-0.2, 0) is 11.8 Å². The first kappa shape index (κ1) is 16.4. The zero-order valence-electron chi connectivity index (χ0n) is 15.0. The highest BCUT2D eigenvalue weighted by Crippen LogP contribution is 2.39. The summed E-state index contributed by atoms with van der Waals surface area (Å²) in [4.78, 5) is 11.8. The summed E-state index contributed by atoms with van der Waals surface area (Å²) >= 11 is 0. The molecule has 6 nitrogen and oxygen atoms in total. The summed E-state index contributed by atoms with van der Waals surface area (Å²) in [6.07, 6.45) is 8.67. The van der Waals surface area contributed by atoms with E-state index in [0.717, 1.165) is 67.8 Å². The van der Waals surface area contributed by atoms with Crippen LogP contribution in [0.1, 0.15) is 55.8 Å². The van der Waals surface area contributed by atoms with Crippen molar-refractivity contribution in [2.24, 2.45) is 18.9 Å². The van der Waals surface area contributed by atoms with Gasteiger partial charge in [0.15, 0.2) is 5.76 Å². The van der Waals surface area contributed by atoms with E-state index in [4.69, 9.17) is 9.62 Å². The normalized spacial score (nSPS) is 23.6. The molecular weight excluding hydrogens is 316 g/mol. The van der Waals surface area contributed by atoms with Gasteiger partial charge in [0, 0.05) is 37.7 Å². The highest BCUT2D eigenvalue weighted by molar-refractivity contribution is 5.80. The van der Waals surface area contributed by atoms with Crippen LogP contribution < -0.4 is 5.32 Å². The molecule has 2 aromatic rings. The molecule has 0 saturated heterocycles. The van der Waals surface area contributed by atoms with Gasteiger partial charge >= 0.3 is 0 Å². The number of carbonyl (C=O) groups is 1. The Morgan fingerprint density at radius 2 is 2.04 bits per heavy atom. The summed E-state index contributed by atoms with van der Waals surface area (Å²) in [6, 6.07) is 1.97. The first-order valence-corrected chi connectivity index (χ1v) is 9.35. The summed E-state index contributed by atoms with van der Waals surface area (Å²) in [6.45, 7) is 2.77. The molecule has 4 rings (SSSR count). The van der Waals surface area contributed by atoms with Gasteiger partial charge in [0.2, 0.25) is 5.91 Å². The van der Waals surface area contributed by atoms with Crippen LogP contribution in [0.4, 0.5) is 0 Å². The molecule has 0 atom stereocenters. The average Bonchev–Trinajstić information content (AvgIpc) is 3.27. The Morgan fingerprint density at radius 1 is 1.28 bits per heavy atom. The van der Waals surface area contributed by atoms with E-state index in [9.17, 15) is 4.79 Å². The minimum atomic E-state index is 0.259. The smallest absolute Gasteiger partial charge is 0.223 e. The van der Waals surface area contributed by atoms with E-state index in [2.05, 4.69) is 10.5 Å². The number of carbonyl (C=O) groups excluding carboxylic acids is 1. The van der Waals surface area contributed by atoms with E-state index >= 15 is 0 Å². The third-order valence-corrected chi connectivity index (χ3v) is 5.50. The number of amides is 1. The van der Waals surface area contributed by atoms with Crippen molar-refractivity contribution in [3.63, 3.8) is 0 Å². The Morgan fingerprint density at radius 3 is 2.68 bits per heavy atom. The van der Waals surface area contributed by atoms with Crippen molar-refractivity contribution in [1.29, 1.82) is 0 Å². The Bertz CT molecular complexity index is 751.